The highest BCUT2D eigenvalue weighted by atomic mass is 32.1. The highest BCUT2D eigenvalue weighted by molar-refractivity contribution is 7.15. The van der Waals surface area contributed by atoms with Gasteiger partial charge in [0, 0.05) is 31.4 Å². The van der Waals surface area contributed by atoms with Crippen molar-refractivity contribution in [3.05, 3.63) is 143 Å². The lowest BCUT2D eigenvalue weighted by Gasteiger charge is -2.30. The maximum absolute atomic E-state index is 14.3. The van der Waals surface area contributed by atoms with Crippen LogP contribution in [0.3, 0.4) is 0 Å². The number of hydrogen-bond donors (Lipinski definition) is 2. The fourth-order valence-corrected chi connectivity index (χ4v) is 10.9. The number of rotatable bonds is 11. The van der Waals surface area contributed by atoms with E-state index >= 15 is 0 Å². The summed E-state index contributed by atoms with van der Waals surface area (Å²) < 4.78 is 0. The van der Waals surface area contributed by atoms with Crippen LogP contribution in [-0.2, 0) is 20.8 Å². The van der Waals surface area contributed by atoms with Crippen molar-refractivity contribution in [2.45, 2.75) is 63.1 Å². The number of carbonyl (C=O) groups excluding carboxylic acids is 3. The number of likely N-dealkylation sites (tertiary alicyclic amines) is 2. The Bertz CT molecular complexity index is 2370. The molecule has 6 aromatic rings. The maximum atomic E-state index is 14.3. The Morgan fingerprint density at radius 3 is 1.73 bits per heavy atom. The molecule has 3 amide bonds. The zero-order valence-corrected chi connectivity index (χ0v) is 34.6. The molecule has 3 atom stereocenters. The van der Waals surface area contributed by atoms with E-state index in [2.05, 4.69) is 59.2 Å². The molecule has 2 aromatic heterocycles. The third-order valence-electron chi connectivity index (χ3n) is 12.0. The first-order valence-electron chi connectivity index (χ1n) is 20.8. The Kier molecular flexibility index (Phi) is 11.8. The molecule has 9 rings (SSSR count). The summed E-state index contributed by atoms with van der Waals surface area (Å²) in [6.45, 7) is 3.04. The second-order valence-electron chi connectivity index (χ2n) is 15.8. The molecule has 3 aliphatic rings. The molecule has 3 saturated heterocycles. The van der Waals surface area contributed by atoms with Crippen LogP contribution in [0.15, 0.2) is 122 Å². The van der Waals surface area contributed by atoms with E-state index in [0.29, 0.717) is 13.0 Å². The van der Waals surface area contributed by atoms with Crippen LogP contribution >= 0.6 is 22.7 Å². The van der Waals surface area contributed by atoms with E-state index in [-0.39, 0.29) is 35.7 Å². The zero-order chi connectivity index (χ0) is 40.1. The Morgan fingerprint density at radius 2 is 1.15 bits per heavy atom. The summed E-state index contributed by atoms with van der Waals surface area (Å²) in [4.78, 5) is 56.7. The normalized spacial score (nSPS) is 18.8. The summed E-state index contributed by atoms with van der Waals surface area (Å²) in [5, 5.41) is 8.40. The zero-order valence-electron chi connectivity index (χ0n) is 33.0. The standard InChI is InChI=1S/C48H48N6O3S2/c55-43(29-32-9-3-1-4-10-32)53-27-7-13-39(53)46-50-30-41(58-46)35-19-15-33(16-20-35)34-17-21-36(22-18-34)42-31-51-47(59-42)40-14-8-28-54(40)48(57)44(37-11-5-2-6-12-37)52-45(56)38-23-25-49-26-24-38/h1-6,9-12,15-22,30-31,38-40,44,49H,7-8,13-14,23-29H2,(H,52,56)/t39-,40-,44+/m0/s1. The van der Waals surface area contributed by atoms with Gasteiger partial charge in [-0.2, -0.15) is 0 Å². The van der Waals surface area contributed by atoms with Crippen molar-refractivity contribution in [1.29, 1.82) is 0 Å². The molecule has 0 bridgehead atoms. The number of aromatic nitrogens is 2. The summed E-state index contributed by atoms with van der Waals surface area (Å²) in [6, 6.07) is 36.0. The average Bonchev–Trinajstić information content (AvgIpc) is 4.14. The number of nitrogens with zero attached hydrogens (tertiary/aromatic N) is 4. The largest absolute Gasteiger partial charge is 0.340 e. The van der Waals surface area contributed by atoms with Crippen LogP contribution in [0.4, 0.5) is 0 Å². The van der Waals surface area contributed by atoms with Crippen molar-refractivity contribution in [2.24, 2.45) is 5.92 Å². The van der Waals surface area contributed by atoms with Crippen molar-refractivity contribution in [3.8, 4) is 32.0 Å². The van der Waals surface area contributed by atoms with Gasteiger partial charge < -0.3 is 20.4 Å². The first-order valence-corrected chi connectivity index (χ1v) is 22.4. The minimum atomic E-state index is -0.732. The predicted molar refractivity (Wildman–Crippen MR) is 235 cm³/mol. The summed E-state index contributed by atoms with van der Waals surface area (Å²) in [6.07, 6.45) is 9.51. The van der Waals surface area contributed by atoms with E-state index in [1.807, 2.05) is 82.9 Å². The molecule has 4 aromatic carbocycles. The van der Waals surface area contributed by atoms with Gasteiger partial charge in [0.25, 0.3) is 0 Å². The second-order valence-corrected chi connectivity index (χ2v) is 17.9. The Labute approximate surface area is 353 Å². The van der Waals surface area contributed by atoms with Crippen LogP contribution in [0.1, 0.15) is 77.8 Å². The summed E-state index contributed by atoms with van der Waals surface area (Å²) in [5.41, 5.74) is 6.30. The average molecular weight is 821 g/mol. The molecule has 0 radical (unpaired) electrons. The Hall–Kier alpha value is -5.49. The molecule has 59 heavy (non-hydrogen) atoms. The molecular formula is C48H48N6O3S2. The molecular weight excluding hydrogens is 773 g/mol. The van der Waals surface area contributed by atoms with Gasteiger partial charge in [-0.1, -0.05) is 109 Å². The highest BCUT2D eigenvalue weighted by Crippen LogP contribution is 2.40. The fraction of sp³-hybridized carbons (Fsp3) is 0.312. The second kappa shape index (κ2) is 17.8. The van der Waals surface area contributed by atoms with Crippen molar-refractivity contribution < 1.29 is 14.4 Å². The Morgan fingerprint density at radius 1 is 0.644 bits per heavy atom. The molecule has 3 fully saturated rings. The van der Waals surface area contributed by atoms with Gasteiger partial charge in [-0.25, -0.2) is 9.97 Å². The highest BCUT2D eigenvalue weighted by Gasteiger charge is 2.38. The van der Waals surface area contributed by atoms with Crippen molar-refractivity contribution >= 4 is 40.4 Å². The third kappa shape index (κ3) is 8.64. The van der Waals surface area contributed by atoms with Gasteiger partial charge in [0.15, 0.2) is 0 Å². The van der Waals surface area contributed by atoms with E-state index in [1.165, 1.54) is 0 Å². The number of benzene rings is 4. The maximum Gasteiger partial charge on any atom is 0.250 e. The van der Waals surface area contributed by atoms with E-state index in [9.17, 15) is 14.4 Å². The number of amides is 3. The van der Waals surface area contributed by atoms with Crippen LogP contribution in [0.5, 0.6) is 0 Å². The van der Waals surface area contributed by atoms with Gasteiger partial charge in [0.2, 0.25) is 17.7 Å². The minimum absolute atomic E-state index is 0.0344. The van der Waals surface area contributed by atoms with Crippen molar-refractivity contribution in [1.82, 2.24) is 30.4 Å². The molecule has 5 heterocycles. The summed E-state index contributed by atoms with van der Waals surface area (Å²) in [7, 11) is 0. The van der Waals surface area contributed by atoms with Gasteiger partial charge in [-0.15, -0.1) is 22.7 Å². The number of carbonyl (C=O) groups is 3. The number of hydrogen-bond acceptors (Lipinski definition) is 8. The predicted octanol–water partition coefficient (Wildman–Crippen LogP) is 9.03. The molecule has 11 heteroatoms. The summed E-state index contributed by atoms with van der Waals surface area (Å²) in [5.74, 6) is -0.0456. The number of piperidine rings is 1. The summed E-state index contributed by atoms with van der Waals surface area (Å²) >= 11 is 3.32. The van der Waals surface area contributed by atoms with E-state index in [0.717, 1.165) is 111 Å². The first-order chi connectivity index (χ1) is 29.0. The molecule has 3 aliphatic heterocycles. The Balaban J connectivity index is 0.849. The molecule has 0 aliphatic carbocycles. The van der Waals surface area contributed by atoms with E-state index in [1.54, 1.807) is 22.7 Å². The molecule has 300 valence electrons. The SMILES string of the molecule is O=C(N[C@@H](C(=O)N1CCC[C@H]1c1ncc(-c2ccc(-c3ccc(-c4cnc([C@@H]5CCCN5C(=O)Cc5ccccc5)s4)cc3)cc2)s1)c1ccccc1)C1CCNCC1. The number of nitrogens with one attached hydrogen (secondary N) is 2. The molecule has 0 unspecified atom stereocenters. The van der Waals surface area contributed by atoms with Crippen LogP contribution in [0, 0.1) is 5.92 Å². The fourth-order valence-electron chi connectivity index (χ4n) is 8.73. The third-order valence-corrected chi connectivity index (χ3v) is 14.3. The first kappa shape index (κ1) is 39.0. The monoisotopic (exact) mass is 820 g/mol. The van der Waals surface area contributed by atoms with Crippen LogP contribution in [0.25, 0.3) is 32.0 Å². The van der Waals surface area contributed by atoms with Crippen LogP contribution < -0.4 is 10.6 Å². The molecule has 0 saturated carbocycles. The van der Waals surface area contributed by atoms with Crippen molar-refractivity contribution in [3.63, 3.8) is 0 Å². The van der Waals surface area contributed by atoms with Crippen LogP contribution in [0.2, 0.25) is 0 Å². The van der Waals surface area contributed by atoms with Gasteiger partial charge >= 0.3 is 0 Å². The lowest BCUT2D eigenvalue weighted by atomic mass is 9.96. The topological polar surface area (TPSA) is 108 Å². The quantitative estimate of drug-likeness (QED) is 0.135. The molecule has 9 nitrogen and oxygen atoms in total. The van der Waals surface area contributed by atoms with Gasteiger partial charge in [-0.3, -0.25) is 14.4 Å². The lowest BCUT2D eigenvalue weighted by molar-refractivity contribution is -0.138. The van der Waals surface area contributed by atoms with Gasteiger partial charge in [-0.05, 0) is 85.0 Å². The molecule has 2 N–H and O–H groups in total. The van der Waals surface area contributed by atoms with E-state index < -0.39 is 6.04 Å². The van der Waals surface area contributed by atoms with E-state index in [4.69, 9.17) is 9.97 Å². The van der Waals surface area contributed by atoms with Crippen LogP contribution in [-0.4, -0.2) is 63.7 Å². The minimum Gasteiger partial charge on any atom is -0.340 e. The van der Waals surface area contributed by atoms with Crippen molar-refractivity contribution in [2.75, 3.05) is 26.2 Å². The van der Waals surface area contributed by atoms with Gasteiger partial charge in [0.05, 0.1) is 28.3 Å². The molecule has 0 spiro atoms. The lowest BCUT2D eigenvalue weighted by Crippen LogP contribution is -2.46. The van der Waals surface area contributed by atoms with Gasteiger partial charge in [0.1, 0.15) is 16.1 Å². The number of thiazole rings is 2. The smallest absolute Gasteiger partial charge is 0.250 e.